The smallest absolute Gasteiger partial charge is 0.303 e. The van der Waals surface area contributed by atoms with Gasteiger partial charge in [-0.15, -0.1) is 0 Å². The van der Waals surface area contributed by atoms with Gasteiger partial charge >= 0.3 is 11.9 Å². The molecule has 0 aromatic carbocycles. The standard InChI is InChI=1S/C24H34O6/c1-13-16-7-8-17-22-10-6-9-21(4,5)18(22)20(30-15(3)26)24(27,28-12-22)23(17,11-16)19(13)29-14(2)25/h16-20,27H,1,6-12H2,2-5H3/t16-,17+,18-,19-,20+,22-,23+,24-/m1/s1. The molecule has 6 rings (SSSR count). The number of rotatable bonds is 2. The molecule has 6 aliphatic rings. The van der Waals surface area contributed by atoms with Crippen LogP contribution in [0.3, 0.4) is 0 Å². The van der Waals surface area contributed by atoms with Crippen molar-refractivity contribution in [3.63, 3.8) is 0 Å². The highest BCUT2D eigenvalue weighted by molar-refractivity contribution is 5.67. The maximum absolute atomic E-state index is 12.3. The van der Waals surface area contributed by atoms with Gasteiger partial charge in [0.15, 0.2) is 6.10 Å². The molecule has 6 fully saturated rings. The molecule has 2 heterocycles. The van der Waals surface area contributed by atoms with Gasteiger partial charge in [0, 0.05) is 25.2 Å². The number of carbonyl (C=O) groups is 2. The molecule has 8 atom stereocenters. The normalized spacial score (nSPS) is 50.4. The lowest BCUT2D eigenvalue weighted by Crippen LogP contribution is -2.82. The van der Waals surface area contributed by atoms with Crippen LogP contribution < -0.4 is 0 Å². The molecule has 4 bridgehead atoms. The first-order valence-corrected chi connectivity index (χ1v) is 11.4. The maximum Gasteiger partial charge on any atom is 0.303 e. The van der Waals surface area contributed by atoms with Crippen molar-refractivity contribution in [1.29, 1.82) is 0 Å². The Labute approximate surface area is 178 Å². The summed E-state index contributed by atoms with van der Waals surface area (Å²) >= 11 is 0. The molecule has 0 aromatic rings. The summed E-state index contributed by atoms with van der Waals surface area (Å²) in [4.78, 5) is 24.3. The minimum atomic E-state index is -1.69. The summed E-state index contributed by atoms with van der Waals surface area (Å²) < 4.78 is 18.1. The number of hydrogen-bond donors (Lipinski definition) is 1. The van der Waals surface area contributed by atoms with Crippen LogP contribution in [0, 0.1) is 34.0 Å². The molecule has 2 spiro atoms. The van der Waals surface area contributed by atoms with Crippen molar-refractivity contribution >= 4 is 11.9 Å². The van der Waals surface area contributed by atoms with Crippen molar-refractivity contribution in [2.24, 2.45) is 34.0 Å². The van der Waals surface area contributed by atoms with Crippen molar-refractivity contribution in [2.45, 2.75) is 84.2 Å². The number of esters is 2. The van der Waals surface area contributed by atoms with E-state index in [1.54, 1.807) is 0 Å². The zero-order chi connectivity index (χ0) is 21.7. The van der Waals surface area contributed by atoms with E-state index in [0.717, 1.165) is 37.7 Å². The second kappa shape index (κ2) is 6.10. The number of aliphatic hydroxyl groups is 1. The zero-order valence-electron chi connectivity index (χ0n) is 18.5. The van der Waals surface area contributed by atoms with Crippen molar-refractivity contribution in [3.05, 3.63) is 12.2 Å². The second-order valence-corrected chi connectivity index (χ2v) is 11.2. The van der Waals surface area contributed by atoms with Crippen LogP contribution in [0.4, 0.5) is 0 Å². The third-order valence-electron chi connectivity index (χ3n) is 9.45. The number of fused-ring (bicyclic) bond motifs is 2. The van der Waals surface area contributed by atoms with Gasteiger partial charge in [0.2, 0.25) is 5.79 Å². The molecule has 0 amide bonds. The first-order valence-electron chi connectivity index (χ1n) is 11.4. The molecule has 166 valence electrons. The Bertz CT molecular complexity index is 819. The van der Waals surface area contributed by atoms with Gasteiger partial charge in [-0.1, -0.05) is 26.8 Å². The van der Waals surface area contributed by atoms with E-state index in [9.17, 15) is 14.7 Å². The van der Waals surface area contributed by atoms with Crippen LogP contribution in [-0.4, -0.2) is 41.6 Å². The Morgan fingerprint density at radius 1 is 1.13 bits per heavy atom. The first-order chi connectivity index (χ1) is 14.0. The quantitative estimate of drug-likeness (QED) is 0.547. The fraction of sp³-hybridized carbons (Fsp3) is 0.833. The average Bonchev–Trinajstić information content (AvgIpc) is 2.84. The molecule has 1 N–H and O–H groups in total. The van der Waals surface area contributed by atoms with Crippen LogP contribution in [0.5, 0.6) is 0 Å². The predicted octanol–water partition coefficient (Wildman–Crippen LogP) is 3.37. The van der Waals surface area contributed by atoms with Crippen LogP contribution in [0.1, 0.15) is 66.2 Å². The Hall–Kier alpha value is -1.40. The van der Waals surface area contributed by atoms with Crippen LogP contribution in [-0.2, 0) is 23.8 Å². The molecule has 0 aromatic heterocycles. The highest BCUT2D eigenvalue weighted by Gasteiger charge is 2.84. The Balaban J connectivity index is 1.74. The Kier molecular flexibility index (Phi) is 4.17. The average molecular weight is 419 g/mol. The lowest BCUT2D eigenvalue weighted by molar-refractivity contribution is -0.456. The second-order valence-electron chi connectivity index (χ2n) is 11.2. The van der Waals surface area contributed by atoms with Gasteiger partial charge in [-0.25, -0.2) is 0 Å². The third-order valence-corrected chi connectivity index (χ3v) is 9.45. The van der Waals surface area contributed by atoms with Gasteiger partial charge in [0.05, 0.1) is 12.0 Å². The molecule has 4 aliphatic carbocycles. The summed E-state index contributed by atoms with van der Waals surface area (Å²) in [5.41, 5.74) is -0.246. The van der Waals surface area contributed by atoms with Gasteiger partial charge in [0.25, 0.3) is 0 Å². The van der Waals surface area contributed by atoms with Gasteiger partial charge in [-0.2, -0.15) is 0 Å². The van der Waals surface area contributed by atoms with E-state index in [-0.39, 0.29) is 34.6 Å². The summed E-state index contributed by atoms with van der Waals surface area (Å²) in [5.74, 6) is -2.17. The molecule has 6 heteroatoms. The molecule has 2 aliphatic heterocycles. The van der Waals surface area contributed by atoms with Crippen LogP contribution in [0.25, 0.3) is 0 Å². The molecule has 0 radical (unpaired) electrons. The van der Waals surface area contributed by atoms with Gasteiger partial charge in [-0.05, 0) is 54.9 Å². The molecule has 6 nitrogen and oxygen atoms in total. The molecular weight excluding hydrogens is 384 g/mol. The lowest BCUT2D eigenvalue weighted by Gasteiger charge is -2.74. The van der Waals surface area contributed by atoms with E-state index >= 15 is 0 Å². The van der Waals surface area contributed by atoms with Crippen molar-refractivity contribution in [2.75, 3.05) is 6.61 Å². The van der Waals surface area contributed by atoms with Crippen molar-refractivity contribution in [3.8, 4) is 0 Å². The van der Waals surface area contributed by atoms with E-state index in [1.807, 2.05) is 0 Å². The number of ether oxygens (including phenoxy) is 3. The van der Waals surface area contributed by atoms with Gasteiger partial charge in [-0.3, -0.25) is 9.59 Å². The monoisotopic (exact) mass is 418 g/mol. The number of hydrogen-bond acceptors (Lipinski definition) is 6. The molecule has 0 unspecified atom stereocenters. The first kappa shape index (κ1) is 20.5. The van der Waals surface area contributed by atoms with E-state index in [2.05, 4.69) is 20.4 Å². The Morgan fingerprint density at radius 2 is 1.83 bits per heavy atom. The summed E-state index contributed by atoms with van der Waals surface area (Å²) in [5, 5.41) is 12.3. The predicted molar refractivity (Wildman–Crippen MR) is 108 cm³/mol. The van der Waals surface area contributed by atoms with Gasteiger partial charge < -0.3 is 19.3 Å². The number of carbonyl (C=O) groups excluding carboxylic acids is 2. The third kappa shape index (κ3) is 2.22. The molecule has 4 saturated carbocycles. The Morgan fingerprint density at radius 3 is 2.50 bits per heavy atom. The maximum atomic E-state index is 12.3. The van der Waals surface area contributed by atoms with Crippen molar-refractivity contribution < 1.29 is 28.9 Å². The fourth-order valence-electron chi connectivity index (χ4n) is 8.76. The van der Waals surface area contributed by atoms with Crippen molar-refractivity contribution in [1.82, 2.24) is 0 Å². The molecular formula is C24H34O6. The van der Waals surface area contributed by atoms with Crippen LogP contribution in [0.2, 0.25) is 0 Å². The minimum Gasteiger partial charge on any atom is -0.457 e. The van der Waals surface area contributed by atoms with Crippen LogP contribution in [0.15, 0.2) is 12.2 Å². The summed E-state index contributed by atoms with van der Waals surface area (Å²) in [6.07, 6.45) is 4.29. The zero-order valence-corrected chi connectivity index (χ0v) is 18.5. The SMILES string of the molecule is C=C1[C@@H]2CC[C@H]3[C@]45CCCC(C)(C)[C@H]4[C@H](OC(C)=O)[C@@](O)(OC5)[C@]3(C2)[C@@H]1OC(C)=O. The van der Waals surface area contributed by atoms with Crippen LogP contribution >= 0.6 is 0 Å². The summed E-state index contributed by atoms with van der Waals surface area (Å²) in [6.45, 7) is 12.0. The summed E-state index contributed by atoms with van der Waals surface area (Å²) in [7, 11) is 0. The van der Waals surface area contributed by atoms with E-state index < -0.39 is 29.4 Å². The van der Waals surface area contributed by atoms with E-state index in [0.29, 0.717) is 13.0 Å². The fourth-order valence-corrected chi connectivity index (χ4v) is 8.76. The topological polar surface area (TPSA) is 82.1 Å². The highest BCUT2D eigenvalue weighted by Crippen LogP contribution is 2.78. The highest BCUT2D eigenvalue weighted by atomic mass is 16.7. The minimum absolute atomic E-state index is 0.000387. The lowest BCUT2D eigenvalue weighted by atomic mass is 9.36. The van der Waals surface area contributed by atoms with E-state index in [4.69, 9.17) is 14.2 Å². The van der Waals surface area contributed by atoms with Gasteiger partial charge in [0.1, 0.15) is 6.10 Å². The largest absolute Gasteiger partial charge is 0.457 e. The molecule has 30 heavy (non-hydrogen) atoms. The molecule has 2 saturated heterocycles. The van der Waals surface area contributed by atoms with E-state index in [1.165, 1.54) is 13.8 Å². The summed E-state index contributed by atoms with van der Waals surface area (Å²) in [6, 6.07) is 0.